The van der Waals surface area contributed by atoms with E-state index in [4.69, 9.17) is 4.74 Å². The predicted octanol–water partition coefficient (Wildman–Crippen LogP) is 7.34. The van der Waals surface area contributed by atoms with Crippen molar-refractivity contribution in [2.75, 3.05) is 13.1 Å². The lowest BCUT2D eigenvalue weighted by Crippen LogP contribution is -2.58. The molecule has 8 heteroatoms. The Hall–Kier alpha value is -1.96. The molecule has 1 saturated heterocycles. The summed E-state index contributed by atoms with van der Waals surface area (Å²) in [5.41, 5.74) is 0.622. The molecule has 0 radical (unpaired) electrons. The lowest BCUT2D eigenvalue weighted by atomic mass is 9.63. The predicted molar refractivity (Wildman–Crippen MR) is 113 cm³/mol. The van der Waals surface area contributed by atoms with Crippen molar-refractivity contribution in [1.82, 2.24) is 4.90 Å². The average Bonchev–Trinajstić information content (AvgIpc) is 2.67. The first-order valence-corrected chi connectivity index (χ1v) is 11.6. The van der Waals surface area contributed by atoms with E-state index in [9.17, 15) is 26.3 Å². The summed E-state index contributed by atoms with van der Waals surface area (Å²) in [7, 11) is 0. The summed E-state index contributed by atoms with van der Waals surface area (Å²) in [5, 5.41) is 0.554. The van der Waals surface area contributed by atoms with E-state index in [0.29, 0.717) is 10.8 Å². The van der Waals surface area contributed by atoms with Gasteiger partial charge in [-0.05, 0) is 72.4 Å². The van der Waals surface area contributed by atoms with Gasteiger partial charge in [0.25, 0.3) is 0 Å². The maximum Gasteiger partial charge on any atom is 0.420 e. The molecule has 180 valence electrons. The van der Waals surface area contributed by atoms with Gasteiger partial charge in [-0.1, -0.05) is 24.6 Å². The highest BCUT2D eigenvalue weighted by atomic mass is 19.4. The highest BCUT2D eigenvalue weighted by Gasteiger charge is 2.47. The van der Waals surface area contributed by atoms with E-state index < -0.39 is 29.9 Å². The Kier molecular flexibility index (Phi) is 5.58. The van der Waals surface area contributed by atoms with Gasteiger partial charge < -0.3 is 4.74 Å². The molecule has 5 rings (SSSR count). The monoisotopic (exact) mass is 471 g/mol. The summed E-state index contributed by atoms with van der Waals surface area (Å²) in [4.78, 5) is 2.33. The van der Waals surface area contributed by atoms with Gasteiger partial charge >= 0.3 is 12.4 Å². The van der Waals surface area contributed by atoms with Crippen LogP contribution in [0.2, 0.25) is 0 Å². The second kappa shape index (κ2) is 8.07. The van der Waals surface area contributed by atoms with E-state index >= 15 is 0 Å². The Balaban J connectivity index is 1.33. The topological polar surface area (TPSA) is 12.5 Å². The number of ether oxygens (including phenoxy) is 1. The average molecular weight is 471 g/mol. The van der Waals surface area contributed by atoms with E-state index in [0.717, 1.165) is 25.2 Å². The number of nitrogens with zero attached hydrogens (tertiary/aromatic N) is 1. The molecule has 2 aliphatic carbocycles. The van der Waals surface area contributed by atoms with Gasteiger partial charge in [0.2, 0.25) is 0 Å². The molecule has 2 nitrogen and oxygen atoms in total. The van der Waals surface area contributed by atoms with Crippen LogP contribution in [0.15, 0.2) is 30.3 Å². The molecular formula is C25H27F6NO. The minimum absolute atomic E-state index is 0.0619. The zero-order valence-electron chi connectivity index (χ0n) is 18.2. The van der Waals surface area contributed by atoms with Crippen LogP contribution in [-0.2, 0) is 12.7 Å². The number of halogens is 6. The number of hydrogen-bond donors (Lipinski definition) is 0. The number of hydrogen-bond acceptors (Lipinski definition) is 2. The Bertz CT molecular complexity index is 1010. The number of fused-ring (bicyclic) bond motifs is 1. The third-order valence-corrected chi connectivity index (χ3v) is 7.70. The molecule has 1 aliphatic heterocycles. The summed E-state index contributed by atoms with van der Waals surface area (Å²) >= 11 is 0. The van der Waals surface area contributed by atoms with Crippen molar-refractivity contribution < 1.29 is 31.1 Å². The normalized spacial score (nSPS) is 25.6. The highest BCUT2D eigenvalue weighted by Crippen LogP contribution is 2.49. The fourth-order valence-electron chi connectivity index (χ4n) is 5.80. The summed E-state index contributed by atoms with van der Waals surface area (Å²) in [5.74, 6) is -1.70. The van der Waals surface area contributed by atoms with E-state index in [2.05, 4.69) is 4.90 Å². The lowest BCUT2D eigenvalue weighted by molar-refractivity contribution is -0.185. The van der Waals surface area contributed by atoms with E-state index in [-0.39, 0.29) is 36.8 Å². The molecule has 33 heavy (non-hydrogen) atoms. The van der Waals surface area contributed by atoms with E-state index in [1.54, 1.807) is 18.2 Å². The summed E-state index contributed by atoms with van der Waals surface area (Å²) in [6, 6.07) is 7.97. The molecule has 0 amide bonds. The van der Waals surface area contributed by atoms with Crippen molar-refractivity contribution in [2.24, 2.45) is 11.3 Å². The van der Waals surface area contributed by atoms with Gasteiger partial charge in [-0.2, -0.15) is 26.3 Å². The second-order valence-electron chi connectivity index (χ2n) is 10.1. The molecule has 3 aliphatic rings. The smallest absolute Gasteiger partial charge is 0.420 e. The maximum absolute atomic E-state index is 14.0. The van der Waals surface area contributed by atoms with E-state index in [1.807, 2.05) is 0 Å². The van der Waals surface area contributed by atoms with Crippen molar-refractivity contribution in [1.29, 1.82) is 0 Å². The van der Waals surface area contributed by atoms with Crippen LogP contribution in [0, 0.1) is 11.3 Å². The number of likely N-dealkylation sites (tertiary alicyclic amines) is 1. The molecule has 2 aromatic rings. The standard InChI is InChI=1S/C25H27F6NO/c26-24(27,28)18-4-6-19(7-5-18)33-21-9-3-17-12-16(2-8-20(17)22(21)25(29,30)31)13-32-14-23(15-32)10-1-11-23/h2-3,8-9,12,18-19H,1,4-7,10-11,13-15H2. The number of rotatable bonds is 4. The Morgan fingerprint density at radius 3 is 2.18 bits per heavy atom. The largest absolute Gasteiger partial charge is 0.490 e. The minimum atomic E-state index is -4.63. The molecule has 0 aromatic heterocycles. The van der Waals surface area contributed by atoms with Crippen LogP contribution in [0.4, 0.5) is 26.3 Å². The van der Waals surface area contributed by atoms with Crippen LogP contribution in [0.1, 0.15) is 56.1 Å². The van der Waals surface area contributed by atoms with Gasteiger partial charge in [-0.25, -0.2) is 0 Å². The van der Waals surface area contributed by atoms with Gasteiger partial charge in [0.05, 0.1) is 12.0 Å². The lowest BCUT2D eigenvalue weighted by Gasteiger charge is -2.56. The highest BCUT2D eigenvalue weighted by molar-refractivity contribution is 5.89. The maximum atomic E-state index is 14.0. The SMILES string of the molecule is FC(F)(F)c1c(OC2CCC(C(F)(F)F)CC2)ccc2cc(CN3CC4(CCC4)C3)ccc12. The van der Waals surface area contributed by atoms with Crippen LogP contribution in [0.25, 0.3) is 10.8 Å². The third kappa shape index (κ3) is 4.55. The fourth-order valence-corrected chi connectivity index (χ4v) is 5.80. The molecule has 2 aromatic carbocycles. The van der Waals surface area contributed by atoms with Gasteiger partial charge in [0.15, 0.2) is 0 Å². The summed E-state index contributed by atoms with van der Waals surface area (Å²) in [6.07, 6.45) is -5.76. The van der Waals surface area contributed by atoms with Crippen LogP contribution in [-0.4, -0.2) is 30.3 Å². The third-order valence-electron chi connectivity index (χ3n) is 7.70. The Labute approximate surface area is 188 Å². The minimum Gasteiger partial charge on any atom is -0.490 e. The molecular weight excluding hydrogens is 444 g/mol. The molecule has 0 N–H and O–H groups in total. The van der Waals surface area contributed by atoms with Crippen molar-refractivity contribution >= 4 is 10.8 Å². The van der Waals surface area contributed by atoms with Gasteiger partial charge in [0.1, 0.15) is 11.3 Å². The fraction of sp³-hybridized carbons (Fsp3) is 0.600. The van der Waals surface area contributed by atoms with Crippen molar-refractivity contribution in [3.05, 3.63) is 41.5 Å². The second-order valence-corrected chi connectivity index (χ2v) is 10.1. The molecule has 0 bridgehead atoms. The summed E-state index contributed by atoms with van der Waals surface area (Å²) < 4.78 is 86.4. The first kappa shape index (κ1) is 22.8. The quantitative estimate of drug-likeness (QED) is 0.433. The van der Waals surface area contributed by atoms with E-state index in [1.165, 1.54) is 31.4 Å². The zero-order valence-corrected chi connectivity index (χ0v) is 18.2. The molecule has 2 saturated carbocycles. The number of benzene rings is 2. The first-order valence-electron chi connectivity index (χ1n) is 11.6. The Morgan fingerprint density at radius 1 is 0.909 bits per heavy atom. The van der Waals surface area contributed by atoms with Crippen LogP contribution in [0.3, 0.4) is 0 Å². The van der Waals surface area contributed by atoms with Crippen molar-refractivity contribution in [3.63, 3.8) is 0 Å². The van der Waals surface area contributed by atoms with Crippen molar-refractivity contribution in [3.8, 4) is 5.75 Å². The summed E-state index contributed by atoms with van der Waals surface area (Å²) in [6.45, 7) is 2.84. The van der Waals surface area contributed by atoms with Gasteiger partial charge in [0, 0.05) is 19.6 Å². The Morgan fingerprint density at radius 2 is 1.61 bits per heavy atom. The number of alkyl halides is 6. The van der Waals surface area contributed by atoms with Gasteiger partial charge in [-0.3, -0.25) is 4.90 Å². The molecule has 3 fully saturated rings. The van der Waals surface area contributed by atoms with Crippen LogP contribution in [0.5, 0.6) is 5.75 Å². The van der Waals surface area contributed by atoms with Crippen LogP contribution < -0.4 is 4.74 Å². The molecule has 0 unspecified atom stereocenters. The molecule has 0 atom stereocenters. The molecule has 1 spiro atoms. The molecule has 1 heterocycles. The zero-order chi connectivity index (χ0) is 23.4. The first-order chi connectivity index (χ1) is 15.5. The van der Waals surface area contributed by atoms with Crippen molar-refractivity contribution in [2.45, 2.75) is 69.9 Å². The van der Waals surface area contributed by atoms with Gasteiger partial charge in [-0.15, -0.1) is 0 Å². The van der Waals surface area contributed by atoms with Crippen LogP contribution >= 0.6 is 0 Å².